The molecule has 26 heavy (non-hydrogen) atoms. The number of hydrogen-bond donors (Lipinski definition) is 1. The predicted molar refractivity (Wildman–Crippen MR) is 102 cm³/mol. The number of aromatic nitrogens is 4. The van der Waals surface area contributed by atoms with Crippen molar-refractivity contribution in [1.82, 2.24) is 19.8 Å². The van der Waals surface area contributed by atoms with Gasteiger partial charge in [-0.25, -0.2) is 0 Å². The van der Waals surface area contributed by atoms with Gasteiger partial charge in [0.25, 0.3) is 0 Å². The maximum atomic E-state index is 12.2. The second kappa shape index (κ2) is 7.82. The van der Waals surface area contributed by atoms with Crippen LogP contribution in [0.25, 0.3) is 4.96 Å². The van der Waals surface area contributed by atoms with Crippen LogP contribution in [0, 0.1) is 0 Å². The number of amides is 1. The van der Waals surface area contributed by atoms with Crippen LogP contribution in [-0.2, 0) is 11.2 Å². The molecule has 1 amide bonds. The molecule has 1 N–H and O–H groups in total. The van der Waals surface area contributed by atoms with Crippen LogP contribution in [0.1, 0.15) is 50.9 Å². The quantitative estimate of drug-likeness (QED) is 0.683. The summed E-state index contributed by atoms with van der Waals surface area (Å²) in [4.78, 5) is 12.9. The molecule has 0 aliphatic carbocycles. The highest BCUT2D eigenvalue weighted by Crippen LogP contribution is 2.20. The van der Waals surface area contributed by atoms with Gasteiger partial charge < -0.3 is 10.1 Å². The summed E-state index contributed by atoms with van der Waals surface area (Å²) < 4.78 is 7.37. The lowest BCUT2D eigenvalue weighted by Crippen LogP contribution is -2.12. The summed E-state index contributed by atoms with van der Waals surface area (Å²) in [5.41, 5.74) is 0.756. The van der Waals surface area contributed by atoms with Gasteiger partial charge >= 0.3 is 0 Å². The van der Waals surface area contributed by atoms with Gasteiger partial charge in [-0.15, -0.1) is 10.2 Å². The zero-order valence-corrected chi connectivity index (χ0v) is 16.2. The van der Waals surface area contributed by atoms with Gasteiger partial charge in [-0.2, -0.15) is 9.61 Å². The highest BCUT2D eigenvalue weighted by atomic mass is 32.1. The number of benzene rings is 1. The normalized spacial score (nSPS) is 11.5. The second-order valence-electron chi connectivity index (χ2n) is 6.64. The first-order valence-electron chi connectivity index (χ1n) is 8.70. The van der Waals surface area contributed by atoms with Crippen molar-refractivity contribution in [3.8, 4) is 5.75 Å². The molecule has 0 radical (unpaired) electrons. The van der Waals surface area contributed by atoms with Crippen LogP contribution in [0.3, 0.4) is 0 Å². The second-order valence-corrected chi connectivity index (χ2v) is 7.68. The van der Waals surface area contributed by atoms with Crippen molar-refractivity contribution >= 4 is 27.9 Å². The van der Waals surface area contributed by atoms with Crippen LogP contribution in [0.4, 0.5) is 5.69 Å². The number of carbonyl (C=O) groups excluding carboxylic acids is 1. The number of ether oxygens (including phenoxy) is 1. The summed E-state index contributed by atoms with van der Waals surface area (Å²) in [6.45, 7) is 8.07. The lowest BCUT2D eigenvalue weighted by molar-refractivity contribution is -0.116. The summed E-state index contributed by atoms with van der Waals surface area (Å²) in [6.07, 6.45) is 1.07. The molecule has 7 nitrogen and oxygen atoms in total. The number of aryl methyl sites for hydroxylation is 1. The number of anilines is 1. The van der Waals surface area contributed by atoms with Crippen LogP contribution < -0.4 is 10.1 Å². The molecule has 138 valence electrons. The highest BCUT2D eigenvalue weighted by molar-refractivity contribution is 7.16. The van der Waals surface area contributed by atoms with Gasteiger partial charge in [0.15, 0.2) is 5.82 Å². The van der Waals surface area contributed by atoms with Gasteiger partial charge in [0, 0.05) is 24.4 Å². The molecule has 2 aromatic heterocycles. The number of rotatable bonds is 7. The van der Waals surface area contributed by atoms with Crippen molar-refractivity contribution in [2.75, 3.05) is 5.32 Å². The van der Waals surface area contributed by atoms with Gasteiger partial charge in [0.2, 0.25) is 10.9 Å². The summed E-state index contributed by atoms with van der Waals surface area (Å²) >= 11 is 1.47. The van der Waals surface area contributed by atoms with Crippen molar-refractivity contribution in [1.29, 1.82) is 0 Å². The van der Waals surface area contributed by atoms with E-state index in [0.29, 0.717) is 12.8 Å². The van der Waals surface area contributed by atoms with Crippen LogP contribution >= 0.6 is 11.3 Å². The smallest absolute Gasteiger partial charge is 0.234 e. The summed E-state index contributed by atoms with van der Waals surface area (Å²) in [5, 5.41) is 16.6. The molecule has 3 aromatic rings. The molecule has 2 heterocycles. The highest BCUT2D eigenvalue weighted by Gasteiger charge is 2.15. The molecule has 0 unspecified atom stereocenters. The average Bonchev–Trinajstić information content (AvgIpc) is 3.14. The molecule has 8 heteroatoms. The molecule has 0 fully saturated rings. The standard InChI is InChI=1S/C18H23N5O2S/c1-11(2)17-20-21-18-23(17)22-16(26-18)10-9-15(24)19-13-5-7-14(8-6-13)25-12(3)4/h5-8,11-12H,9-10H2,1-4H3,(H,19,24). The third-order valence-corrected chi connectivity index (χ3v) is 4.61. The topological polar surface area (TPSA) is 81.4 Å². The van der Waals surface area contributed by atoms with Crippen molar-refractivity contribution in [3.05, 3.63) is 35.1 Å². The van der Waals surface area contributed by atoms with Crippen LogP contribution in [0.15, 0.2) is 24.3 Å². The third-order valence-electron chi connectivity index (χ3n) is 3.65. The minimum absolute atomic E-state index is 0.0439. The zero-order chi connectivity index (χ0) is 18.7. The molecule has 0 bridgehead atoms. The third kappa shape index (κ3) is 4.37. The first-order valence-corrected chi connectivity index (χ1v) is 9.51. The molecule has 0 spiro atoms. The van der Waals surface area contributed by atoms with E-state index in [4.69, 9.17) is 4.74 Å². The molecular weight excluding hydrogens is 350 g/mol. The Bertz CT molecular complexity index is 883. The van der Waals surface area contributed by atoms with Crippen LogP contribution in [0.2, 0.25) is 0 Å². The maximum Gasteiger partial charge on any atom is 0.234 e. The maximum absolute atomic E-state index is 12.2. The zero-order valence-electron chi connectivity index (χ0n) is 15.4. The van der Waals surface area contributed by atoms with Gasteiger partial charge in [-0.3, -0.25) is 4.79 Å². The van der Waals surface area contributed by atoms with E-state index in [1.807, 2.05) is 38.1 Å². The Morgan fingerprint density at radius 3 is 2.58 bits per heavy atom. The lowest BCUT2D eigenvalue weighted by atomic mass is 10.2. The van der Waals surface area contributed by atoms with Gasteiger partial charge in [-0.05, 0) is 38.1 Å². The minimum atomic E-state index is -0.0439. The predicted octanol–water partition coefficient (Wildman–Crippen LogP) is 3.67. The minimum Gasteiger partial charge on any atom is -0.491 e. The fourth-order valence-electron chi connectivity index (χ4n) is 2.47. The van der Waals surface area contributed by atoms with Crippen molar-refractivity contribution in [2.45, 2.75) is 52.6 Å². The first-order chi connectivity index (χ1) is 12.4. The van der Waals surface area contributed by atoms with E-state index >= 15 is 0 Å². The van der Waals surface area contributed by atoms with Gasteiger partial charge in [-0.1, -0.05) is 25.2 Å². The number of carbonyl (C=O) groups is 1. The molecular formula is C18H23N5O2S. The van der Waals surface area contributed by atoms with Gasteiger partial charge in [0.05, 0.1) is 6.10 Å². The van der Waals surface area contributed by atoms with E-state index in [-0.39, 0.29) is 17.9 Å². The Morgan fingerprint density at radius 2 is 1.92 bits per heavy atom. The van der Waals surface area contributed by atoms with Gasteiger partial charge in [0.1, 0.15) is 10.8 Å². The van der Waals surface area contributed by atoms with Crippen molar-refractivity contribution in [2.24, 2.45) is 0 Å². The SMILES string of the molecule is CC(C)Oc1ccc(NC(=O)CCc2nn3c(C(C)C)nnc3s2)cc1. The number of fused-ring (bicyclic) bond motifs is 1. The Balaban J connectivity index is 1.55. The Hall–Kier alpha value is -2.48. The Labute approximate surface area is 156 Å². The van der Waals surface area contributed by atoms with Crippen LogP contribution in [-0.4, -0.2) is 31.8 Å². The molecule has 1 aromatic carbocycles. The van der Waals surface area contributed by atoms with E-state index in [1.54, 1.807) is 4.52 Å². The summed E-state index contributed by atoms with van der Waals surface area (Å²) in [5.74, 6) is 1.85. The Kier molecular flexibility index (Phi) is 5.51. The lowest BCUT2D eigenvalue weighted by Gasteiger charge is -2.10. The average molecular weight is 373 g/mol. The molecule has 0 atom stereocenters. The van der Waals surface area contributed by atoms with E-state index in [9.17, 15) is 4.79 Å². The molecule has 0 aliphatic heterocycles. The number of hydrogen-bond acceptors (Lipinski definition) is 6. The fraction of sp³-hybridized carbons (Fsp3) is 0.444. The van der Waals surface area contributed by atoms with Crippen LogP contribution in [0.5, 0.6) is 5.75 Å². The summed E-state index contributed by atoms with van der Waals surface area (Å²) in [6, 6.07) is 7.39. The number of nitrogens with one attached hydrogen (secondary N) is 1. The number of nitrogens with zero attached hydrogens (tertiary/aromatic N) is 4. The largest absolute Gasteiger partial charge is 0.491 e. The van der Waals surface area contributed by atoms with Crippen molar-refractivity contribution in [3.63, 3.8) is 0 Å². The fourth-order valence-corrected chi connectivity index (χ4v) is 3.31. The van der Waals surface area contributed by atoms with E-state index in [2.05, 4.69) is 34.5 Å². The summed E-state index contributed by atoms with van der Waals surface area (Å²) in [7, 11) is 0. The monoisotopic (exact) mass is 373 g/mol. The molecule has 0 aliphatic rings. The van der Waals surface area contributed by atoms with Crippen molar-refractivity contribution < 1.29 is 9.53 Å². The molecule has 0 saturated carbocycles. The molecule has 3 rings (SSSR count). The van der Waals surface area contributed by atoms with E-state index < -0.39 is 0 Å². The molecule has 0 saturated heterocycles. The first kappa shape index (κ1) is 18.3. The van der Waals surface area contributed by atoms with E-state index in [0.717, 1.165) is 27.2 Å². The Morgan fingerprint density at radius 1 is 1.19 bits per heavy atom. The van der Waals surface area contributed by atoms with E-state index in [1.165, 1.54) is 11.3 Å².